The molecule has 2 heterocycles. The highest BCUT2D eigenvalue weighted by atomic mass is 16.3. The molecule has 0 bridgehead atoms. The molecular weight excluding hydrogens is 709 g/mol. The van der Waals surface area contributed by atoms with Crippen LogP contribution in [0.1, 0.15) is 0 Å². The van der Waals surface area contributed by atoms with Crippen molar-refractivity contribution < 1.29 is 4.42 Å². The van der Waals surface area contributed by atoms with Gasteiger partial charge in [0, 0.05) is 50.6 Å². The van der Waals surface area contributed by atoms with Crippen LogP contribution in [0.15, 0.2) is 211 Å². The number of nitrogens with zero attached hydrogens (tertiary/aromatic N) is 4. The lowest BCUT2D eigenvalue weighted by Gasteiger charge is -2.25. The number of benzene rings is 9. The summed E-state index contributed by atoms with van der Waals surface area (Å²) in [5, 5.41) is 6.51. The van der Waals surface area contributed by atoms with Gasteiger partial charge in [0.1, 0.15) is 11.2 Å². The first kappa shape index (κ1) is 33.4. The standard InChI is InChI=1S/C53H34N4O/c1-4-13-35(14-5-1)38-24-25-40-33-42(28-26-39(40)31-38)52-54-51(41-27-23-36-15-10-11-16-37(36)32-41)55-53(56-52)47-21-12-22-48-50(47)46-30-29-45(34-49(46)58-48)57(43-17-6-2-7-18-43)44-19-8-3-9-20-44/h1-34H. The number of fused-ring (bicyclic) bond motifs is 5. The summed E-state index contributed by atoms with van der Waals surface area (Å²) in [5.41, 5.74) is 9.77. The van der Waals surface area contributed by atoms with Crippen LogP contribution in [0.25, 0.3) is 88.8 Å². The Morgan fingerprint density at radius 3 is 1.53 bits per heavy atom. The van der Waals surface area contributed by atoms with E-state index in [0.717, 1.165) is 77.2 Å². The van der Waals surface area contributed by atoms with E-state index in [9.17, 15) is 0 Å². The summed E-state index contributed by atoms with van der Waals surface area (Å²) in [6.45, 7) is 0. The molecule has 0 aliphatic carbocycles. The molecule has 0 aliphatic rings. The zero-order chi connectivity index (χ0) is 38.4. The molecule has 0 radical (unpaired) electrons. The third-order valence-corrected chi connectivity index (χ3v) is 10.9. The lowest BCUT2D eigenvalue weighted by molar-refractivity contribution is 0.669. The van der Waals surface area contributed by atoms with Crippen LogP contribution in [0.4, 0.5) is 17.1 Å². The van der Waals surface area contributed by atoms with E-state index in [2.05, 4.69) is 181 Å². The first-order valence-corrected chi connectivity index (χ1v) is 19.4. The van der Waals surface area contributed by atoms with Crippen molar-refractivity contribution in [1.82, 2.24) is 15.0 Å². The van der Waals surface area contributed by atoms with Gasteiger partial charge in [-0.1, -0.05) is 140 Å². The minimum absolute atomic E-state index is 0.584. The largest absolute Gasteiger partial charge is 0.456 e. The third kappa shape index (κ3) is 6.03. The molecule has 0 aliphatic heterocycles. The molecule has 0 unspecified atom stereocenters. The zero-order valence-electron chi connectivity index (χ0n) is 31.3. The van der Waals surface area contributed by atoms with Crippen molar-refractivity contribution in [2.75, 3.05) is 4.90 Å². The average molecular weight is 743 g/mol. The Morgan fingerprint density at radius 2 is 0.862 bits per heavy atom. The molecule has 9 aromatic carbocycles. The van der Waals surface area contributed by atoms with Crippen molar-refractivity contribution >= 4 is 60.5 Å². The number of anilines is 3. The minimum atomic E-state index is 0.584. The van der Waals surface area contributed by atoms with Crippen LogP contribution in [0.5, 0.6) is 0 Å². The van der Waals surface area contributed by atoms with Crippen LogP contribution >= 0.6 is 0 Å². The van der Waals surface area contributed by atoms with Gasteiger partial charge in [-0.05, 0) is 93.3 Å². The maximum Gasteiger partial charge on any atom is 0.164 e. The number of aromatic nitrogens is 3. The molecule has 5 nitrogen and oxygen atoms in total. The summed E-state index contributed by atoms with van der Waals surface area (Å²) in [6, 6.07) is 71.6. The average Bonchev–Trinajstić information content (AvgIpc) is 3.68. The van der Waals surface area contributed by atoms with Crippen LogP contribution in [-0.4, -0.2) is 15.0 Å². The maximum atomic E-state index is 6.65. The fourth-order valence-electron chi connectivity index (χ4n) is 8.02. The van der Waals surface area contributed by atoms with E-state index in [0.29, 0.717) is 17.5 Å². The second kappa shape index (κ2) is 14.0. The van der Waals surface area contributed by atoms with Crippen LogP contribution < -0.4 is 4.90 Å². The van der Waals surface area contributed by atoms with Gasteiger partial charge in [-0.15, -0.1) is 0 Å². The van der Waals surface area contributed by atoms with E-state index >= 15 is 0 Å². The Morgan fingerprint density at radius 1 is 0.328 bits per heavy atom. The molecular formula is C53H34N4O. The fourth-order valence-corrected chi connectivity index (χ4v) is 8.02. The molecule has 0 amide bonds. The van der Waals surface area contributed by atoms with Gasteiger partial charge in [-0.25, -0.2) is 15.0 Å². The quantitative estimate of drug-likeness (QED) is 0.163. The van der Waals surface area contributed by atoms with E-state index < -0.39 is 0 Å². The second-order valence-corrected chi connectivity index (χ2v) is 14.5. The van der Waals surface area contributed by atoms with Gasteiger partial charge in [0.25, 0.3) is 0 Å². The Bertz CT molecular complexity index is 3250. The third-order valence-electron chi connectivity index (χ3n) is 10.9. The number of para-hydroxylation sites is 2. The van der Waals surface area contributed by atoms with Gasteiger partial charge in [-0.3, -0.25) is 0 Å². The highest BCUT2D eigenvalue weighted by Gasteiger charge is 2.20. The molecule has 5 heteroatoms. The Balaban J connectivity index is 1.07. The summed E-state index contributed by atoms with van der Waals surface area (Å²) < 4.78 is 6.65. The normalized spacial score (nSPS) is 11.4. The monoisotopic (exact) mass is 742 g/mol. The summed E-state index contributed by atoms with van der Waals surface area (Å²) in [7, 11) is 0. The predicted molar refractivity (Wildman–Crippen MR) is 239 cm³/mol. The Labute approximate surface area is 335 Å². The smallest absolute Gasteiger partial charge is 0.164 e. The van der Waals surface area contributed by atoms with Crippen molar-refractivity contribution in [2.24, 2.45) is 0 Å². The lowest BCUT2D eigenvalue weighted by Crippen LogP contribution is -2.09. The molecule has 0 atom stereocenters. The lowest BCUT2D eigenvalue weighted by atomic mass is 10.00. The van der Waals surface area contributed by atoms with E-state index in [-0.39, 0.29) is 0 Å². The molecule has 11 rings (SSSR count). The van der Waals surface area contributed by atoms with E-state index in [4.69, 9.17) is 19.4 Å². The summed E-state index contributed by atoms with van der Waals surface area (Å²) in [5.74, 6) is 1.80. The van der Waals surface area contributed by atoms with Crippen LogP contribution in [0, 0.1) is 0 Å². The SMILES string of the molecule is c1ccc(-c2ccc3cc(-c4nc(-c5ccc6ccccc6c5)nc(-c5cccc6oc7cc(N(c8ccccc8)c8ccccc8)ccc7c56)n4)ccc3c2)cc1. The molecule has 2 aromatic heterocycles. The van der Waals surface area contributed by atoms with Gasteiger partial charge in [0.2, 0.25) is 0 Å². The fraction of sp³-hybridized carbons (Fsp3) is 0. The number of hydrogen-bond donors (Lipinski definition) is 0. The van der Waals surface area contributed by atoms with Gasteiger partial charge in [0.05, 0.1) is 0 Å². The highest BCUT2D eigenvalue weighted by Crippen LogP contribution is 2.41. The number of rotatable bonds is 7. The maximum absolute atomic E-state index is 6.65. The summed E-state index contributed by atoms with van der Waals surface area (Å²) in [4.78, 5) is 17.8. The molecule has 11 aromatic rings. The molecule has 58 heavy (non-hydrogen) atoms. The highest BCUT2D eigenvalue weighted by molar-refractivity contribution is 6.12. The van der Waals surface area contributed by atoms with Gasteiger partial charge in [-0.2, -0.15) is 0 Å². The van der Waals surface area contributed by atoms with Crippen molar-refractivity contribution in [3.63, 3.8) is 0 Å². The minimum Gasteiger partial charge on any atom is -0.456 e. The Kier molecular flexibility index (Phi) is 8.07. The van der Waals surface area contributed by atoms with E-state index in [1.807, 2.05) is 30.3 Å². The molecule has 0 saturated carbocycles. The van der Waals surface area contributed by atoms with Crippen LogP contribution in [0.3, 0.4) is 0 Å². The van der Waals surface area contributed by atoms with Gasteiger partial charge in [0.15, 0.2) is 17.5 Å². The van der Waals surface area contributed by atoms with Crippen molar-refractivity contribution in [2.45, 2.75) is 0 Å². The molecule has 0 N–H and O–H groups in total. The van der Waals surface area contributed by atoms with Crippen molar-refractivity contribution in [3.8, 4) is 45.3 Å². The first-order valence-electron chi connectivity index (χ1n) is 19.4. The number of furan rings is 1. The summed E-state index contributed by atoms with van der Waals surface area (Å²) in [6.07, 6.45) is 0. The molecule has 0 spiro atoms. The Hall–Kier alpha value is -7.89. The van der Waals surface area contributed by atoms with E-state index in [1.165, 1.54) is 11.1 Å². The van der Waals surface area contributed by atoms with Crippen molar-refractivity contribution in [1.29, 1.82) is 0 Å². The van der Waals surface area contributed by atoms with E-state index in [1.54, 1.807) is 0 Å². The number of hydrogen-bond acceptors (Lipinski definition) is 5. The molecule has 272 valence electrons. The van der Waals surface area contributed by atoms with Gasteiger partial charge >= 0.3 is 0 Å². The molecule has 0 saturated heterocycles. The molecule has 0 fully saturated rings. The predicted octanol–water partition coefficient (Wildman–Crippen LogP) is 14.2. The topological polar surface area (TPSA) is 55.1 Å². The van der Waals surface area contributed by atoms with Crippen molar-refractivity contribution in [3.05, 3.63) is 206 Å². The summed E-state index contributed by atoms with van der Waals surface area (Å²) >= 11 is 0. The van der Waals surface area contributed by atoms with Crippen LogP contribution in [-0.2, 0) is 0 Å². The first-order chi connectivity index (χ1) is 28.7. The van der Waals surface area contributed by atoms with Crippen LogP contribution in [0.2, 0.25) is 0 Å². The van der Waals surface area contributed by atoms with Gasteiger partial charge < -0.3 is 9.32 Å². The zero-order valence-corrected chi connectivity index (χ0v) is 31.3. The second-order valence-electron chi connectivity index (χ2n) is 14.5.